The van der Waals surface area contributed by atoms with Crippen LogP contribution in [0.25, 0.3) is 0 Å². The van der Waals surface area contributed by atoms with E-state index in [-0.39, 0.29) is 12.2 Å². The molecule has 0 aromatic heterocycles. The molecule has 0 spiro atoms. The summed E-state index contributed by atoms with van der Waals surface area (Å²) in [7, 11) is 0. The van der Waals surface area contributed by atoms with Gasteiger partial charge >= 0.3 is 0 Å². The third-order valence-corrected chi connectivity index (χ3v) is 17.4. The molecule has 0 aliphatic carbocycles. The summed E-state index contributed by atoms with van der Waals surface area (Å²) in [4.78, 5) is 0. The van der Waals surface area contributed by atoms with Gasteiger partial charge in [0, 0.05) is 51.0 Å². The third-order valence-electron chi connectivity index (χ3n) is 16.3. The number of fused-ring (bicyclic) bond motifs is 6. The molecule has 0 radical (unpaired) electrons. The Morgan fingerprint density at radius 2 is 0.949 bits per heavy atom. The van der Waals surface area contributed by atoms with Crippen molar-refractivity contribution in [3.05, 3.63) is 198 Å². The van der Waals surface area contributed by atoms with Crippen molar-refractivity contribution in [1.82, 2.24) is 0 Å². The molecule has 6 aromatic rings. The highest BCUT2D eigenvalue weighted by atomic mass is 35.5. The van der Waals surface area contributed by atoms with Gasteiger partial charge in [0.1, 0.15) is 22.7 Å². The Morgan fingerprint density at radius 1 is 0.513 bits per heavy atom. The van der Waals surface area contributed by atoms with E-state index in [0.717, 1.165) is 129 Å². The molecule has 0 saturated carbocycles. The maximum Gasteiger partial charge on any atom is 0.195 e. The fourth-order valence-electron chi connectivity index (χ4n) is 11.8. The van der Waals surface area contributed by atoms with Crippen LogP contribution in [-0.4, -0.2) is 72.8 Å². The van der Waals surface area contributed by atoms with Crippen molar-refractivity contribution in [2.45, 2.75) is 146 Å². The number of aliphatic hydroxyl groups is 2. The molecule has 6 aromatic carbocycles. The highest BCUT2D eigenvalue weighted by Crippen LogP contribution is 2.52. The van der Waals surface area contributed by atoms with Crippen LogP contribution in [0.1, 0.15) is 135 Å². The summed E-state index contributed by atoms with van der Waals surface area (Å²) < 4.78 is 48.2. The lowest BCUT2D eigenvalue weighted by atomic mass is 9.88. The molecule has 78 heavy (non-hydrogen) atoms. The second-order valence-corrected chi connectivity index (χ2v) is 23.6. The van der Waals surface area contributed by atoms with Crippen LogP contribution in [0.4, 0.5) is 0 Å². The summed E-state index contributed by atoms with van der Waals surface area (Å²) in [6.45, 7) is 12.9. The summed E-state index contributed by atoms with van der Waals surface area (Å²) in [6, 6.07) is 42.9. The van der Waals surface area contributed by atoms with E-state index < -0.39 is 34.7 Å². The van der Waals surface area contributed by atoms with E-state index in [9.17, 15) is 10.2 Å². The molecule has 12 rings (SSSR count). The molecule has 7 atom stereocenters. The van der Waals surface area contributed by atoms with Gasteiger partial charge < -0.3 is 48.1 Å². The van der Waals surface area contributed by atoms with Gasteiger partial charge in [0.15, 0.2) is 17.4 Å². The zero-order valence-corrected chi connectivity index (χ0v) is 47.8. The van der Waals surface area contributed by atoms with E-state index in [1.165, 1.54) is 11.1 Å². The lowest BCUT2D eigenvalue weighted by molar-refractivity contribution is -0.242. The van der Waals surface area contributed by atoms with Gasteiger partial charge in [-0.05, 0) is 180 Å². The van der Waals surface area contributed by atoms with E-state index in [0.29, 0.717) is 45.9 Å². The Morgan fingerprint density at radius 3 is 1.44 bits per heavy atom. The number of halogens is 3. The first kappa shape index (κ1) is 56.7. The highest BCUT2D eigenvalue weighted by Gasteiger charge is 2.57. The van der Waals surface area contributed by atoms with Crippen molar-refractivity contribution in [2.24, 2.45) is 0 Å². The van der Waals surface area contributed by atoms with Gasteiger partial charge in [-0.25, -0.2) is 0 Å². The van der Waals surface area contributed by atoms with Gasteiger partial charge in [0.25, 0.3) is 0 Å². The van der Waals surface area contributed by atoms with Gasteiger partial charge in [0.05, 0.1) is 51.3 Å². The summed E-state index contributed by atoms with van der Waals surface area (Å²) in [5, 5.41) is 22.2. The van der Waals surface area contributed by atoms with Crippen LogP contribution in [0.15, 0.2) is 127 Å². The first-order chi connectivity index (χ1) is 37.5. The number of aryl methyl sites for hydroxylation is 1. The molecule has 6 aliphatic heterocycles. The molecular formula is C65H73Cl3O10. The molecule has 414 valence electrons. The molecular weight excluding hydrogens is 1050 g/mol. The van der Waals surface area contributed by atoms with Crippen molar-refractivity contribution in [3.63, 3.8) is 0 Å². The number of aliphatic hydroxyl groups excluding tert-OH is 2. The van der Waals surface area contributed by atoms with E-state index in [2.05, 4.69) is 86.6 Å². The molecule has 0 unspecified atom stereocenters. The van der Waals surface area contributed by atoms with Crippen LogP contribution in [0.5, 0.6) is 11.5 Å². The van der Waals surface area contributed by atoms with Crippen LogP contribution in [0.3, 0.4) is 0 Å². The third kappa shape index (κ3) is 12.2. The van der Waals surface area contributed by atoms with Crippen molar-refractivity contribution in [1.29, 1.82) is 0 Å². The molecule has 10 nitrogen and oxygen atoms in total. The van der Waals surface area contributed by atoms with Gasteiger partial charge in [0.2, 0.25) is 0 Å². The Hall–Kier alpha value is -4.53. The Kier molecular flexibility index (Phi) is 17.1. The number of hydrogen-bond donors (Lipinski definition) is 2. The zero-order valence-electron chi connectivity index (χ0n) is 45.5. The number of ether oxygens (including phenoxy) is 8. The van der Waals surface area contributed by atoms with E-state index >= 15 is 0 Å². The van der Waals surface area contributed by atoms with Crippen molar-refractivity contribution in [2.75, 3.05) is 39.6 Å². The van der Waals surface area contributed by atoms with Crippen molar-refractivity contribution < 1.29 is 48.1 Å². The smallest absolute Gasteiger partial charge is 0.195 e. The summed E-state index contributed by atoms with van der Waals surface area (Å²) >= 11 is 19.4. The number of rotatable bonds is 14. The standard InChI is InChI=1S/2C22H25ClO4.C21H23ClO2/c1-3-25-18-7-4-15(5-8-18)12-16-13-17(6-9-19(16)23)22-11-10-20(24)21(2,27-22)14-26-22;1-2-25-19-7-4-16(5-8-19)12-17-13-18(6-9-20(17)23)22-11-3-10-21(14-24,27-22)15-26-22;1-15-4-6-16(7-5-15)12-17-13-18(8-9-19(17)22)21-11-3-10-20(2,24-21)14-23-21/h4-9,13,20,24H,3,10-12,14H2,1-2H3;4-9,13,24H,2-3,10-12,14-15H2,1H3;4-9,13H,3,10-12,14H2,1-2H3/t20-,21-,22+;21-,22+;20-,21-/m001/s1. The average Bonchev–Trinajstić information content (AvgIpc) is 4.21. The van der Waals surface area contributed by atoms with E-state index in [1.807, 2.05) is 75.4 Å². The maximum atomic E-state index is 10.2. The van der Waals surface area contributed by atoms with Crippen LogP contribution in [0, 0.1) is 6.92 Å². The molecule has 6 fully saturated rings. The molecule has 6 bridgehead atoms. The lowest BCUT2D eigenvalue weighted by Gasteiger charge is -2.39. The monoisotopic (exact) mass is 1120 g/mol. The largest absolute Gasteiger partial charge is 0.494 e. The molecule has 0 amide bonds. The highest BCUT2D eigenvalue weighted by molar-refractivity contribution is 6.32. The Labute approximate surface area is 475 Å². The fraction of sp³-hybridized carbons (Fsp3) is 0.446. The summed E-state index contributed by atoms with van der Waals surface area (Å²) in [5.74, 6) is -0.395. The van der Waals surface area contributed by atoms with E-state index in [1.54, 1.807) is 0 Å². The number of benzene rings is 6. The van der Waals surface area contributed by atoms with Gasteiger partial charge in [-0.3, -0.25) is 0 Å². The van der Waals surface area contributed by atoms with Gasteiger partial charge in [-0.1, -0.05) is 107 Å². The van der Waals surface area contributed by atoms with E-state index in [4.69, 9.17) is 72.7 Å². The molecule has 6 saturated heterocycles. The molecule has 6 heterocycles. The van der Waals surface area contributed by atoms with Crippen molar-refractivity contribution in [3.8, 4) is 11.5 Å². The minimum absolute atomic E-state index is 0.0125. The first-order valence-electron chi connectivity index (χ1n) is 27.7. The van der Waals surface area contributed by atoms with Crippen molar-refractivity contribution >= 4 is 34.8 Å². The van der Waals surface area contributed by atoms with Crippen LogP contribution < -0.4 is 9.47 Å². The molecule has 13 heteroatoms. The minimum Gasteiger partial charge on any atom is -0.494 e. The van der Waals surface area contributed by atoms with Crippen LogP contribution in [-0.2, 0) is 65.0 Å². The normalized spacial score (nSPS) is 28.5. The maximum absolute atomic E-state index is 10.2. The van der Waals surface area contributed by atoms with Gasteiger partial charge in [-0.2, -0.15) is 0 Å². The second-order valence-electron chi connectivity index (χ2n) is 22.4. The Bertz CT molecular complexity index is 2910. The molecule has 6 aliphatic rings. The number of hydrogen-bond acceptors (Lipinski definition) is 10. The topological polar surface area (TPSA) is 114 Å². The zero-order chi connectivity index (χ0) is 54.8. The summed E-state index contributed by atoms with van der Waals surface area (Å²) in [5.41, 5.74) is 9.72. The SMILES string of the molecule is CCOc1ccc(Cc2cc([C@]34CCC[C@](CO)(CO3)O4)ccc2Cl)cc1.CCOc1ccc(Cc2cc([C@]34CC[C@H](O)[C@](C)(CO3)O4)ccc2Cl)cc1.Cc1ccc(Cc2cc([C@]34CCC[C@](C)(CO3)O4)ccc2Cl)cc1. The second kappa shape index (κ2) is 23.5. The fourth-order valence-corrected chi connectivity index (χ4v) is 12.3. The first-order valence-corrected chi connectivity index (χ1v) is 28.8. The van der Waals surface area contributed by atoms with Crippen LogP contribution in [0.2, 0.25) is 15.1 Å². The quantitative estimate of drug-likeness (QED) is 0.109. The average molecular weight is 1120 g/mol. The Balaban J connectivity index is 0.000000133. The minimum atomic E-state index is -0.786. The summed E-state index contributed by atoms with van der Waals surface area (Å²) in [6.07, 6.45) is 8.76. The lowest BCUT2D eigenvalue weighted by Crippen LogP contribution is -2.47. The van der Waals surface area contributed by atoms with Gasteiger partial charge in [-0.15, -0.1) is 0 Å². The molecule has 2 N–H and O–H groups in total. The predicted octanol–water partition coefficient (Wildman–Crippen LogP) is 14.3. The predicted molar refractivity (Wildman–Crippen MR) is 305 cm³/mol. The van der Waals surface area contributed by atoms with Crippen LogP contribution >= 0.6 is 34.8 Å².